The maximum absolute atomic E-state index is 11.3. The van der Waals surface area contributed by atoms with Crippen molar-refractivity contribution in [3.63, 3.8) is 0 Å². The van der Waals surface area contributed by atoms with Gasteiger partial charge in [0.2, 0.25) is 5.91 Å². The van der Waals surface area contributed by atoms with Crippen LogP contribution in [0, 0.1) is 0 Å². The Bertz CT molecular complexity index is 396. The Labute approximate surface area is 105 Å². The van der Waals surface area contributed by atoms with Gasteiger partial charge in [-0.2, -0.15) is 0 Å². The fraction of sp³-hybridized carbons (Fsp3) is 0.778. The van der Waals surface area contributed by atoms with Crippen molar-refractivity contribution in [1.29, 1.82) is 0 Å². The van der Waals surface area contributed by atoms with Gasteiger partial charge in [0.05, 0.1) is 11.5 Å². The Morgan fingerprint density at radius 2 is 2.06 bits per heavy atom. The molecule has 6 nitrogen and oxygen atoms in total. The Morgan fingerprint density at radius 3 is 2.65 bits per heavy atom. The van der Waals surface area contributed by atoms with Gasteiger partial charge in [-0.25, -0.2) is 13.2 Å². The van der Waals surface area contributed by atoms with Crippen molar-refractivity contribution in [3.05, 3.63) is 0 Å². The third-order valence-electron chi connectivity index (χ3n) is 2.37. The van der Waals surface area contributed by atoms with Crippen molar-refractivity contribution in [2.45, 2.75) is 25.3 Å². The number of carbonyl (C=O) groups is 2. The van der Waals surface area contributed by atoms with Gasteiger partial charge in [-0.1, -0.05) is 0 Å². The highest BCUT2D eigenvalue weighted by Crippen LogP contribution is 2.11. The van der Waals surface area contributed by atoms with E-state index in [4.69, 9.17) is 11.6 Å². The number of halogens is 1. The van der Waals surface area contributed by atoms with E-state index in [0.29, 0.717) is 12.8 Å². The molecule has 3 amide bonds. The molecule has 1 heterocycles. The lowest BCUT2D eigenvalue weighted by atomic mass is 10.2. The lowest BCUT2D eigenvalue weighted by molar-refractivity contribution is -0.119. The molecule has 1 saturated heterocycles. The lowest BCUT2D eigenvalue weighted by Crippen LogP contribution is -2.48. The summed E-state index contributed by atoms with van der Waals surface area (Å²) in [7, 11) is -3.06. The van der Waals surface area contributed by atoms with Gasteiger partial charge < -0.3 is 5.32 Å². The topological polar surface area (TPSA) is 92.3 Å². The van der Waals surface area contributed by atoms with E-state index in [1.54, 1.807) is 0 Å². The van der Waals surface area contributed by atoms with Gasteiger partial charge in [0.25, 0.3) is 0 Å². The predicted octanol–water partition coefficient (Wildman–Crippen LogP) is 0.0183. The van der Waals surface area contributed by atoms with E-state index in [1.807, 2.05) is 0 Å². The first-order valence-corrected chi connectivity index (χ1v) is 7.65. The molecular formula is C9H15ClN2O4S. The maximum Gasteiger partial charge on any atom is 0.321 e. The molecule has 0 aromatic carbocycles. The van der Waals surface area contributed by atoms with Gasteiger partial charge in [0, 0.05) is 18.3 Å². The fourth-order valence-electron chi connectivity index (χ4n) is 1.63. The van der Waals surface area contributed by atoms with Crippen LogP contribution in [0.15, 0.2) is 0 Å². The number of alkyl halides is 1. The van der Waals surface area contributed by atoms with E-state index in [1.165, 1.54) is 0 Å². The van der Waals surface area contributed by atoms with E-state index >= 15 is 0 Å². The monoisotopic (exact) mass is 282 g/mol. The summed E-state index contributed by atoms with van der Waals surface area (Å²) in [4.78, 5) is 22.4. The molecule has 0 spiro atoms. The quantitative estimate of drug-likeness (QED) is 0.714. The van der Waals surface area contributed by atoms with Crippen LogP contribution >= 0.6 is 11.6 Å². The molecule has 0 bridgehead atoms. The summed E-state index contributed by atoms with van der Waals surface area (Å²) in [6.45, 7) is 0. The smallest absolute Gasteiger partial charge is 0.321 e. The molecule has 17 heavy (non-hydrogen) atoms. The molecule has 0 aliphatic carbocycles. The van der Waals surface area contributed by atoms with Crippen molar-refractivity contribution in [2.24, 2.45) is 0 Å². The molecule has 0 saturated carbocycles. The molecule has 2 N–H and O–H groups in total. The summed E-state index contributed by atoms with van der Waals surface area (Å²) in [5, 5.41) is 4.56. The van der Waals surface area contributed by atoms with E-state index in [9.17, 15) is 18.0 Å². The van der Waals surface area contributed by atoms with Gasteiger partial charge >= 0.3 is 6.03 Å². The van der Waals surface area contributed by atoms with Gasteiger partial charge in [-0.3, -0.25) is 10.1 Å². The number of carbonyl (C=O) groups excluding carboxylic acids is 2. The summed E-state index contributed by atoms with van der Waals surface area (Å²) in [5.74, 6) is -0.241. The number of amides is 3. The third kappa shape index (κ3) is 5.36. The van der Waals surface area contributed by atoms with Gasteiger partial charge in [-0.15, -0.1) is 11.6 Å². The van der Waals surface area contributed by atoms with Crippen LogP contribution < -0.4 is 10.6 Å². The largest absolute Gasteiger partial charge is 0.334 e. The second-order valence-electron chi connectivity index (χ2n) is 3.91. The van der Waals surface area contributed by atoms with Gasteiger partial charge in [0.1, 0.15) is 0 Å². The maximum atomic E-state index is 11.3. The third-order valence-corrected chi connectivity index (χ3v) is 4.38. The molecule has 0 aromatic rings. The van der Waals surface area contributed by atoms with Crippen molar-refractivity contribution >= 4 is 33.4 Å². The molecule has 0 aromatic heterocycles. The van der Waals surface area contributed by atoms with Crippen molar-refractivity contribution in [2.75, 3.05) is 17.4 Å². The Kier molecular flexibility index (Phi) is 5.20. The number of sulfone groups is 1. The minimum Gasteiger partial charge on any atom is -0.334 e. The second kappa shape index (κ2) is 6.20. The zero-order valence-corrected chi connectivity index (χ0v) is 10.8. The minimum atomic E-state index is -3.06. The predicted molar refractivity (Wildman–Crippen MR) is 63.7 cm³/mol. The van der Waals surface area contributed by atoms with Gasteiger partial charge in [-0.05, 0) is 12.8 Å². The number of hydrogen-bond acceptors (Lipinski definition) is 4. The Balaban J connectivity index is 2.38. The molecule has 1 atom stereocenters. The molecule has 1 aliphatic heterocycles. The average molecular weight is 283 g/mol. The van der Waals surface area contributed by atoms with Crippen molar-refractivity contribution < 1.29 is 18.0 Å². The van der Waals surface area contributed by atoms with Crippen LogP contribution in [0.1, 0.15) is 19.3 Å². The first kappa shape index (κ1) is 14.2. The number of rotatable bonds is 3. The minimum absolute atomic E-state index is 0.0535. The number of imide groups is 1. The lowest BCUT2D eigenvalue weighted by Gasteiger charge is -2.22. The van der Waals surface area contributed by atoms with E-state index in [2.05, 4.69) is 10.6 Å². The van der Waals surface area contributed by atoms with Crippen LogP contribution in [0.4, 0.5) is 4.79 Å². The summed E-state index contributed by atoms with van der Waals surface area (Å²) >= 11 is 5.34. The van der Waals surface area contributed by atoms with E-state index in [0.717, 1.165) is 0 Å². The highest BCUT2D eigenvalue weighted by molar-refractivity contribution is 7.91. The first-order valence-electron chi connectivity index (χ1n) is 5.29. The Hall–Kier alpha value is -0.820. The summed E-state index contributed by atoms with van der Waals surface area (Å²) < 4.78 is 22.6. The van der Waals surface area contributed by atoms with Crippen LogP contribution in [0.5, 0.6) is 0 Å². The summed E-state index contributed by atoms with van der Waals surface area (Å²) in [5.41, 5.74) is 0. The van der Waals surface area contributed by atoms with Crippen LogP contribution in [-0.2, 0) is 14.6 Å². The van der Waals surface area contributed by atoms with Crippen LogP contribution in [0.2, 0.25) is 0 Å². The molecule has 1 unspecified atom stereocenters. The second-order valence-corrected chi connectivity index (χ2v) is 6.52. The summed E-state index contributed by atoms with van der Waals surface area (Å²) in [6.07, 6.45) is 1.19. The molecule has 1 aliphatic rings. The van der Waals surface area contributed by atoms with E-state index in [-0.39, 0.29) is 23.8 Å². The molecule has 8 heteroatoms. The van der Waals surface area contributed by atoms with E-state index < -0.39 is 27.8 Å². The first-order chi connectivity index (χ1) is 7.93. The molecule has 0 radical (unpaired) electrons. The van der Waals surface area contributed by atoms with Crippen molar-refractivity contribution in [1.82, 2.24) is 10.6 Å². The standard InChI is InChI=1S/C9H15ClN2O4S/c10-4-3-8(13)12-9(14)11-7-2-1-5-17(15,16)6-7/h7H,1-6H2,(H2,11,12,13,14). The number of hydrogen-bond donors (Lipinski definition) is 2. The summed E-state index contributed by atoms with van der Waals surface area (Å²) in [6, 6.07) is -1.08. The molecule has 1 rings (SSSR count). The number of nitrogens with one attached hydrogen (secondary N) is 2. The van der Waals surface area contributed by atoms with Crippen LogP contribution in [0.3, 0.4) is 0 Å². The van der Waals surface area contributed by atoms with Gasteiger partial charge in [0.15, 0.2) is 9.84 Å². The molecule has 98 valence electrons. The zero-order chi connectivity index (χ0) is 12.9. The SMILES string of the molecule is O=C(CCCl)NC(=O)NC1CCCS(=O)(=O)C1. The zero-order valence-electron chi connectivity index (χ0n) is 9.24. The normalized spacial score (nSPS) is 22.8. The molecular weight excluding hydrogens is 268 g/mol. The van der Waals surface area contributed by atoms with Crippen LogP contribution in [0.25, 0.3) is 0 Å². The van der Waals surface area contributed by atoms with Crippen molar-refractivity contribution in [3.8, 4) is 0 Å². The highest BCUT2D eigenvalue weighted by Gasteiger charge is 2.26. The molecule has 1 fully saturated rings. The highest BCUT2D eigenvalue weighted by atomic mass is 35.5. The van der Waals surface area contributed by atoms with Crippen LogP contribution in [-0.4, -0.2) is 43.8 Å². The average Bonchev–Trinajstić information content (AvgIpc) is 2.15. The fourth-order valence-corrected chi connectivity index (χ4v) is 3.44. The number of urea groups is 1. The Morgan fingerprint density at radius 1 is 1.35 bits per heavy atom.